The van der Waals surface area contributed by atoms with Gasteiger partial charge in [-0.25, -0.2) is 5.43 Å². The average molecular weight is 459 g/mol. The summed E-state index contributed by atoms with van der Waals surface area (Å²) < 4.78 is 12.4. The van der Waals surface area contributed by atoms with Crippen LogP contribution >= 0.6 is 23.4 Å². The summed E-state index contributed by atoms with van der Waals surface area (Å²) in [5, 5.41) is 16.8. The fourth-order valence-electron chi connectivity index (χ4n) is 2.74. The Kier molecular flexibility index (Phi) is 6.58. The maximum atomic E-state index is 12.1. The Hall–Kier alpha value is -3.24. The van der Waals surface area contributed by atoms with Crippen LogP contribution in [0.5, 0.6) is 11.5 Å². The van der Waals surface area contributed by atoms with Crippen LogP contribution in [-0.2, 0) is 18.4 Å². The molecule has 31 heavy (non-hydrogen) atoms. The lowest BCUT2D eigenvalue weighted by atomic mass is 10.2. The fourth-order valence-corrected chi connectivity index (χ4v) is 3.65. The van der Waals surface area contributed by atoms with Crippen molar-refractivity contribution in [2.75, 3.05) is 17.9 Å². The summed E-state index contributed by atoms with van der Waals surface area (Å²) in [6.45, 7) is 0.695. The number of carbonyl (C=O) groups is 1. The molecule has 1 aliphatic heterocycles. The number of halogens is 1. The topological polar surface area (TPSA) is 103 Å². The second-order valence-electron chi connectivity index (χ2n) is 6.52. The first-order valence-corrected chi connectivity index (χ1v) is 10.7. The van der Waals surface area contributed by atoms with Crippen LogP contribution in [0, 0.1) is 0 Å². The molecule has 4 rings (SSSR count). The molecule has 2 N–H and O–H groups in total. The molecule has 2 heterocycles. The number of rotatable bonds is 8. The number of ether oxygens (including phenoxy) is 2. The van der Waals surface area contributed by atoms with E-state index >= 15 is 0 Å². The Bertz CT molecular complexity index is 1120. The maximum Gasteiger partial charge on any atom is 0.250 e. The van der Waals surface area contributed by atoms with Gasteiger partial charge in [-0.15, -0.1) is 10.2 Å². The van der Waals surface area contributed by atoms with Crippen molar-refractivity contribution < 1.29 is 14.3 Å². The summed E-state index contributed by atoms with van der Waals surface area (Å²) in [6, 6.07) is 12.9. The van der Waals surface area contributed by atoms with Crippen LogP contribution in [0.25, 0.3) is 0 Å². The van der Waals surface area contributed by atoms with E-state index in [1.807, 2.05) is 41.9 Å². The van der Waals surface area contributed by atoms with Crippen LogP contribution < -0.4 is 20.2 Å². The van der Waals surface area contributed by atoms with Crippen LogP contribution in [0.1, 0.15) is 11.4 Å². The van der Waals surface area contributed by atoms with Gasteiger partial charge in [0, 0.05) is 17.8 Å². The summed E-state index contributed by atoms with van der Waals surface area (Å²) in [5.74, 6) is 2.01. The zero-order valence-corrected chi connectivity index (χ0v) is 18.1. The van der Waals surface area contributed by atoms with E-state index in [9.17, 15) is 4.79 Å². The van der Waals surface area contributed by atoms with Crippen LogP contribution in [0.2, 0.25) is 5.02 Å². The normalized spacial score (nSPS) is 12.3. The van der Waals surface area contributed by atoms with Gasteiger partial charge in [0.1, 0.15) is 0 Å². The maximum absolute atomic E-state index is 12.1. The Morgan fingerprint density at radius 2 is 2.13 bits per heavy atom. The second-order valence-corrected chi connectivity index (χ2v) is 7.90. The molecule has 0 spiro atoms. The van der Waals surface area contributed by atoms with Gasteiger partial charge in [0.15, 0.2) is 22.5 Å². The monoisotopic (exact) mass is 458 g/mol. The van der Waals surface area contributed by atoms with Gasteiger partial charge in [0.25, 0.3) is 5.91 Å². The van der Waals surface area contributed by atoms with Crippen LogP contribution in [-0.4, -0.2) is 39.4 Å². The summed E-state index contributed by atoms with van der Waals surface area (Å²) in [6.07, 6.45) is 1.55. The van der Waals surface area contributed by atoms with E-state index in [1.165, 1.54) is 11.8 Å². The third kappa shape index (κ3) is 5.47. The van der Waals surface area contributed by atoms with Gasteiger partial charge in [-0.3, -0.25) is 4.79 Å². The minimum absolute atomic E-state index is 0.159. The predicted octanol–water partition coefficient (Wildman–Crippen LogP) is 3.05. The third-order valence-corrected chi connectivity index (χ3v) is 5.59. The number of benzene rings is 2. The molecule has 1 aromatic heterocycles. The molecule has 3 aromatic rings. The first-order valence-electron chi connectivity index (χ1n) is 9.30. The van der Waals surface area contributed by atoms with E-state index in [2.05, 4.69) is 26.0 Å². The third-order valence-electron chi connectivity index (χ3n) is 4.33. The van der Waals surface area contributed by atoms with Gasteiger partial charge in [-0.2, -0.15) is 5.10 Å². The number of fused-ring (bicyclic) bond motifs is 1. The number of thioether (sulfide) groups is 1. The Labute approximate surface area is 187 Å². The van der Waals surface area contributed by atoms with E-state index in [0.29, 0.717) is 28.2 Å². The molecule has 0 fully saturated rings. The number of aromatic nitrogens is 3. The van der Waals surface area contributed by atoms with Crippen LogP contribution in [0.3, 0.4) is 0 Å². The lowest BCUT2D eigenvalue weighted by Crippen LogP contribution is -2.20. The lowest BCUT2D eigenvalue weighted by Gasteiger charge is -2.07. The molecule has 2 aromatic carbocycles. The van der Waals surface area contributed by atoms with Gasteiger partial charge in [0.05, 0.1) is 18.5 Å². The average Bonchev–Trinajstić information content (AvgIpc) is 3.37. The van der Waals surface area contributed by atoms with Crippen molar-refractivity contribution in [3.63, 3.8) is 0 Å². The zero-order valence-electron chi connectivity index (χ0n) is 16.5. The van der Waals surface area contributed by atoms with Crippen molar-refractivity contribution in [2.24, 2.45) is 12.1 Å². The van der Waals surface area contributed by atoms with Gasteiger partial charge >= 0.3 is 0 Å². The molecular weight excluding hydrogens is 440 g/mol. The number of hydrazone groups is 1. The number of nitrogens with one attached hydrogen (secondary N) is 2. The van der Waals surface area contributed by atoms with E-state index in [0.717, 1.165) is 17.1 Å². The quantitative estimate of drug-likeness (QED) is 0.304. The van der Waals surface area contributed by atoms with Crippen molar-refractivity contribution in [1.82, 2.24) is 20.2 Å². The van der Waals surface area contributed by atoms with Gasteiger partial charge < -0.3 is 19.4 Å². The van der Waals surface area contributed by atoms with Gasteiger partial charge in [-0.1, -0.05) is 29.4 Å². The molecule has 0 radical (unpaired) electrons. The minimum Gasteiger partial charge on any atom is -0.454 e. The minimum atomic E-state index is -0.247. The van der Waals surface area contributed by atoms with Crippen molar-refractivity contribution in [1.29, 1.82) is 0 Å². The highest BCUT2D eigenvalue weighted by Gasteiger charge is 2.13. The Morgan fingerprint density at radius 1 is 1.26 bits per heavy atom. The van der Waals surface area contributed by atoms with Crippen molar-refractivity contribution in [2.45, 2.75) is 11.7 Å². The largest absolute Gasteiger partial charge is 0.454 e. The summed E-state index contributed by atoms with van der Waals surface area (Å²) in [4.78, 5) is 12.1. The van der Waals surface area contributed by atoms with E-state index in [4.69, 9.17) is 21.1 Å². The van der Waals surface area contributed by atoms with Crippen LogP contribution in [0.15, 0.2) is 52.7 Å². The SMILES string of the molecule is Cn1c(CNc2cccc(Cl)c2)nnc1SCC(=O)N/N=C\c1ccc2c(c1)OCO2. The van der Waals surface area contributed by atoms with Crippen LogP contribution in [0.4, 0.5) is 5.69 Å². The number of nitrogens with zero attached hydrogens (tertiary/aromatic N) is 4. The Balaban J connectivity index is 1.24. The van der Waals surface area contributed by atoms with E-state index in [-0.39, 0.29) is 18.5 Å². The molecule has 160 valence electrons. The molecular formula is C20H19ClN6O3S. The Morgan fingerprint density at radius 3 is 3.00 bits per heavy atom. The summed E-state index contributed by atoms with van der Waals surface area (Å²) in [7, 11) is 1.85. The van der Waals surface area contributed by atoms with Gasteiger partial charge in [-0.05, 0) is 42.0 Å². The highest BCUT2D eigenvalue weighted by Crippen LogP contribution is 2.31. The fraction of sp³-hybridized carbons (Fsp3) is 0.200. The predicted molar refractivity (Wildman–Crippen MR) is 119 cm³/mol. The summed E-state index contributed by atoms with van der Waals surface area (Å²) >= 11 is 7.27. The molecule has 0 aliphatic carbocycles. The van der Waals surface area contributed by atoms with Crippen molar-refractivity contribution in [3.8, 4) is 11.5 Å². The van der Waals surface area contributed by atoms with E-state index < -0.39 is 0 Å². The molecule has 0 bridgehead atoms. The zero-order chi connectivity index (χ0) is 21.6. The lowest BCUT2D eigenvalue weighted by molar-refractivity contribution is -0.118. The number of hydrogen-bond acceptors (Lipinski definition) is 8. The number of amides is 1. The number of anilines is 1. The molecule has 11 heteroatoms. The molecule has 1 aliphatic rings. The molecule has 0 saturated carbocycles. The molecule has 9 nitrogen and oxygen atoms in total. The summed E-state index contributed by atoms with van der Waals surface area (Å²) in [5.41, 5.74) is 4.19. The smallest absolute Gasteiger partial charge is 0.250 e. The molecule has 1 amide bonds. The highest BCUT2D eigenvalue weighted by atomic mass is 35.5. The van der Waals surface area contributed by atoms with Gasteiger partial charge in [0.2, 0.25) is 6.79 Å². The first-order chi connectivity index (χ1) is 15.1. The second kappa shape index (κ2) is 9.71. The number of carbonyl (C=O) groups excluding carboxylic acids is 1. The highest BCUT2D eigenvalue weighted by molar-refractivity contribution is 7.99. The molecule has 0 saturated heterocycles. The van der Waals surface area contributed by atoms with E-state index in [1.54, 1.807) is 18.3 Å². The molecule has 0 atom stereocenters. The molecule has 0 unspecified atom stereocenters. The standard InChI is InChI=1S/C20H19ClN6O3S/c1-27-18(10-22-15-4-2-3-14(21)8-15)24-26-20(27)31-11-19(28)25-23-9-13-5-6-16-17(7-13)30-12-29-16/h2-9,22H,10-12H2,1H3,(H,25,28)/b23-9-. The number of hydrogen-bond donors (Lipinski definition) is 2. The van der Waals surface area contributed by atoms with Crippen molar-refractivity contribution >= 4 is 41.2 Å². The first kappa shape index (κ1) is 21.0. The van der Waals surface area contributed by atoms with Crippen molar-refractivity contribution in [3.05, 3.63) is 58.9 Å².